The summed E-state index contributed by atoms with van der Waals surface area (Å²) in [5.74, 6) is -54.8. The molecule has 0 aromatic heterocycles. The fourth-order valence-electron chi connectivity index (χ4n) is 3.11. The Bertz CT molecular complexity index is 2420. The van der Waals surface area contributed by atoms with Gasteiger partial charge in [-0.05, 0) is 42.8 Å². The van der Waals surface area contributed by atoms with Gasteiger partial charge in [-0.15, -0.1) is 5.75 Å². The summed E-state index contributed by atoms with van der Waals surface area (Å²) < 4.78 is 480. The van der Waals surface area contributed by atoms with Crippen molar-refractivity contribution in [2.75, 3.05) is 0 Å². The van der Waals surface area contributed by atoms with E-state index in [9.17, 15) is 190 Å². The Kier molecular flexibility index (Phi) is 82.2. The van der Waals surface area contributed by atoms with Crippen LogP contribution in [0.5, 0.6) is 5.75 Å². The molecule has 0 bridgehead atoms. The molecule has 0 saturated heterocycles. The van der Waals surface area contributed by atoms with Gasteiger partial charge >= 0.3 is 284 Å². The van der Waals surface area contributed by atoms with Gasteiger partial charge in [0.25, 0.3) is 0 Å². The van der Waals surface area contributed by atoms with E-state index < -0.39 is 153 Å². The Labute approximate surface area is 731 Å². The van der Waals surface area contributed by atoms with Crippen LogP contribution in [0.4, 0.5) is 140 Å². The second-order valence-electron chi connectivity index (χ2n) is 14.1. The molecular formula is C31H33Br3Cl6F32Na6O13S6. The van der Waals surface area contributed by atoms with Crippen molar-refractivity contribution in [1.29, 1.82) is 0 Å². The Balaban J connectivity index is -0.0000000485. The van der Waals surface area contributed by atoms with Gasteiger partial charge in [0, 0.05) is 86.9 Å². The van der Waals surface area contributed by atoms with Crippen LogP contribution >= 0.6 is 121 Å². The number of alkyl halides is 34. The van der Waals surface area contributed by atoms with Crippen LogP contribution in [-0.2, 0) is 54.3 Å². The van der Waals surface area contributed by atoms with Crippen LogP contribution in [-0.4, -0.2) is 123 Å². The van der Waals surface area contributed by atoms with Crippen LogP contribution in [0.2, 0.25) is 0 Å². The van der Waals surface area contributed by atoms with Gasteiger partial charge in [-0.2, -0.15) is 140 Å². The Hall–Kier alpha value is 6.62. The van der Waals surface area contributed by atoms with Gasteiger partial charge in [-0.1, -0.05) is 82.2 Å². The van der Waals surface area contributed by atoms with Crippen LogP contribution in [0.1, 0.15) is 63.5 Å². The van der Waals surface area contributed by atoms with E-state index in [1.807, 2.05) is 12.1 Å². The summed E-state index contributed by atoms with van der Waals surface area (Å²) in [4.78, 5) is -10.9. The second-order valence-corrected chi connectivity index (χ2v) is 24.9. The minimum atomic E-state index is -7.38. The third-order valence-corrected chi connectivity index (χ3v) is 13.8. The first-order valence-corrected chi connectivity index (χ1v) is 29.1. The smallest absolute Gasteiger partial charge is 1.00 e. The van der Waals surface area contributed by atoms with Crippen molar-refractivity contribution >= 4 is 161 Å². The number of benzene rings is 1. The standard InChI is InChI=1S/C10H14O.C4Br2F8.C4Cl2F8O4S2.2C4H2F8O4S2.5CH4.BrH.2Cl2.6Na/c1-10(2,3)8-4-6-9(11)7-5-8;5-3(11,12)1(7,8)2(9,10)4(6,13)14;5-19(15,16)3(11,12)1(7,8)2(9,10)4(13,14)20(6,17)18;2*5-1(6,3(9,10)17-16-13)2(7,8)4(11,12)18(14)15;;;;;;;2*1-2;;;;;;/h4-7,11H,1-3H3;;;2*13H,(H,14,15);5*1H4;1H;;;;;;;;/q;;;;;;;;;;;;;6*+1/p-6. The maximum atomic E-state index is 12.7. The Morgan fingerprint density at radius 1 is 0.402 bits per heavy atom. The molecule has 564 valence electrons. The van der Waals surface area contributed by atoms with E-state index >= 15 is 0 Å². The first-order chi connectivity index (χ1) is 36.5. The second kappa shape index (κ2) is 53.6. The van der Waals surface area contributed by atoms with E-state index in [1.165, 1.54) is 5.56 Å². The molecular weight excluding hydrogens is 1970 g/mol. The minimum Gasteiger partial charge on any atom is -1.00 e. The molecule has 0 aliphatic rings. The molecule has 0 aliphatic heterocycles. The summed E-state index contributed by atoms with van der Waals surface area (Å²) in [6.07, 6.45) is 0. The van der Waals surface area contributed by atoms with Crippen LogP contribution in [0.3, 0.4) is 0 Å². The third-order valence-electron chi connectivity index (χ3n) is 7.51. The molecule has 0 N–H and O–H groups in total. The van der Waals surface area contributed by atoms with Crippen molar-refractivity contribution in [2.24, 2.45) is 0 Å². The van der Waals surface area contributed by atoms with E-state index in [1.54, 1.807) is 12.1 Å². The predicted molar refractivity (Wildman–Crippen MR) is 263 cm³/mol. The third kappa shape index (κ3) is 36.5. The topological polar surface area (TPSA) is 236 Å². The fourth-order valence-corrected chi connectivity index (χ4v) is 6.37. The number of hydrogen-bond acceptors (Lipinski definition) is 15. The molecule has 0 heterocycles. The van der Waals surface area contributed by atoms with Crippen molar-refractivity contribution in [3.63, 3.8) is 0 Å². The quantitative estimate of drug-likeness (QED) is 0.0179. The monoisotopic (exact) mass is 2000 g/mol. The average Bonchev–Trinajstić information content (AvgIpc) is 3.28. The Morgan fingerprint density at radius 2 is 0.577 bits per heavy atom. The maximum absolute atomic E-state index is 12.7. The fraction of sp³-hybridized carbons (Fsp3) is 0.806. The van der Waals surface area contributed by atoms with Crippen LogP contribution in [0.15, 0.2) is 24.3 Å². The molecule has 0 radical (unpaired) electrons. The molecule has 2 atom stereocenters. The van der Waals surface area contributed by atoms with Gasteiger partial charge in [0.15, 0.2) is 0 Å². The van der Waals surface area contributed by atoms with Crippen molar-refractivity contribution < 1.29 is 393 Å². The van der Waals surface area contributed by atoms with Crippen LogP contribution in [0.25, 0.3) is 0 Å². The molecule has 0 amide bonds. The molecule has 2 unspecified atom stereocenters. The van der Waals surface area contributed by atoms with Crippen molar-refractivity contribution in [1.82, 2.24) is 0 Å². The zero-order valence-electron chi connectivity index (χ0n) is 44.1. The first-order valence-electron chi connectivity index (χ1n) is 17.0. The van der Waals surface area contributed by atoms with Crippen LogP contribution in [0, 0.1) is 0 Å². The van der Waals surface area contributed by atoms with E-state index in [0.717, 1.165) is 31.9 Å². The van der Waals surface area contributed by atoms with Gasteiger partial charge in [0.1, 0.15) is 0 Å². The van der Waals surface area contributed by atoms with E-state index in [-0.39, 0.29) is 243 Å². The van der Waals surface area contributed by atoms with Crippen molar-refractivity contribution in [2.45, 2.75) is 152 Å². The molecule has 1 aromatic carbocycles. The zero-order chi connectivity index (χ0) is 71.5. The number of rotatable bonds is 20. The van der Waals surface area contributed by atoms with E-state index in [4.69, 9.17) is 0 Å². The summed E-state index contributed by atoms with van der Waals surface area (Å²) in [6.45, 7) is 6.40. The summed E-state index contributed by atoms with van der Waals surface area (Å²) >= 11 is -12.5. The van der Waals surface area contributed by atoms with Crippen LogP contribution < -0.4 is 210 Å². The average molecular weight is 2000 g/mol. The zero-order valence-corrected chi connectivity index (χ0v) is 70.3. The van der Waals surface area contributed by atoms with Gasteiger partial charge < -0.3 is 50.4 Å². The number of hydrogen-bond donors (Lipinski definition) is 0. The van der Waals surface area contributed by atoms with Gasteiger partial charge in [0.05, 0.1) is 24.1 Å². The summed E-state index contributed by atoms with van der Waals surface area (Å²) in [5, 5.41) is -9.80. The Morgan fingerprint density at radius 3 is 0.701 bits per heavy atom. The molecule has 0 saturated carbocycles. The molecule has 13 nitrogen and oxygen atoms in total. The normalized spacial score (nSPS) is 13.3. The minimum absolute atomic E-state index is 0. The van der Waals surface area contributed by atoms with Crippen molar-refractivity contribution in [3.05, 3.63) is 29.8 Å². The SMILES string of the molecule is C.C.C.C.C.CC(C)(C)c1ccc([O-])cc1.ClCl.ClCl.FC(F)(Br)C(F)(F)C(F)(F)C(F)(F)Br.O=S(=O)(Cl)C(F)(F)C(F)(F)C(F)(F)C(F)(F)S(=O)(=O)Cl.O=S([O-])C(F)(F)C(F)(F)C(F)(F)C(F)(F)SO[O-].O=S([O-])C(F)(F)C(F)(F)C(F)(F)C(F)(F)SO[O-].[Br-].[Na+].[Na+].[Na+].[Na+].[Na+].[Na+]. The molecule has 1 aromatic rings. The molecule has 0 spiro atoms. The predicted octanol–water partition coefficient (Wildman–Crippen LogP) is -3.64. The summed E-state index contributed by atoms with van der Waals surface area (Å²) in [7, 11) is 10.3. The summed E-state index contributed by atoms with van der Waals surface area (Å²) in [6, 6.07) is 7.01. The number of halogens is 41. The summed E-state index contributed by atoms with van der Waals surface area (Å²) in [5.41, 5.74) is 1.35. The van der Waals surface area contributed by atoms with E-state index in [2.05, 4.69) is 94.2 Å². The largest absolute Gasteiger partial charge is 1.00 e. The van der Waals surface area contributed by atoms with E-state index in [0.29, 0.717) is 0 Å². The molecule has 0 fully saturated rings. The van der Waals surface area contributed by atoms with Gasteiger partial charge in [-0.3, -0.25) is 8.42 Å². The van der Waals surface area contributed by atoms with Gasteiger partial charge in [0.2, 0.25) is 0 Å². The molecule has 0 aliphatic carbocycles. The first kappa shape index (κ1) is 149. The maximum Gasteiger partial charge on any atom is 1.00 e. The molecule has 1 rings (SSSR count). The van der Waals surface area contributed by atoms with Gasteiger partial charge in [-0.25, -0.2) is 16.8 Å². The van der Waals surface area contributed by atoms with Crippen molar-refractivity contribution in [3.8, 4) is 5.75 Å². The molecule has 66 heteroatoms. The molecule has 97 heavy (non-hydrogen) atoms.